The minimum Gasteiger partial charge on any atom is -0.492 e. The van der Waals surface area contributed by atoms with E-state index >= 15 is 0 Å². The van der Waals surface area contributed by atoms with Gasteiger partial charge in [0, 0.05) is 22.6 Å². The van der Waals surface area contributed by atoms with E-state index in [2.05, 4.69) is 16.3 Å². The molecule has 0 radical (unpaired) electrons. The first-order chi connectivity index (χ1) is 7.83. The van der Waals surface area contributed by atoms with Crippen molar-refractivity contribution in [1.29, 1.82) is 0 Å². The zero-order chi connectivity index (χ0) is 11.0. The van der Waals surface area contributed by atoms with Crippen molar-refractivity contribution >= 4 is 22.6 Å². The van der Waals surface area contributed by atoms with Gasteiger partial charge in [-0.25, -0.2) is 0 Å². The fraction of sp³-hybridized carbons (Fsp3) is 0.273. The summed E-state index contributed by atoms with van der Waals surface area (Å²) in [5, 5.41) is 7.87. The first kappa shape index (κ1) is 10.1. The molecule has 1 atom stereocenters. The Hall–Kier alpha value is -1.11. The van der Waals surface area contributed by atoms with E-state index in [4.69, 9.17) is 9.15 Å². The maximum absolute atomic E-state index is 5.67. The van der Waals surface area contributed by atoms with Gasteiger partial charge in [0.2, 0.25) is 5.89 Å². The van der Waals surface area contributed by atoms with Crippen LogP contribution in [0.2, 0.25) is 0 Å². The maximum Gasteiger partial charge on any atom is 0.278 e. The summed E-state index contributed by atoms with van der Waals surface area (Å²) < 4.78 is 11.7. The van der Waals surface area contributed by atoms with Crippen molar-refractivity contribution in [2.45, 2.75) is 12.3 Å². The van der Waals surface area contributed by atoms with Gasteiger partial charge in [0.1, 0.15) is 12.4 Å². The third kappa shape index (κ3) is 1.79. The summed E-state index contributed by atoms with van der Waals surface area (Å²) in [5.74, 6) is 1.80. The van der Waals surface area contributed by atoms with Crippen molar-refractivity contribution in [1.82, 2.24) is 10.2 Å². The second kappa shape index (κ2) is 4.04. The van der Waals surface area contributed by atoms with E-state index in [0.29, 0.717) is 16.4 Å². The molecule has 1 aromatic heterocycles. The fourth-order valence-corrected chi connectivity index (χ4v) is 2.20. The first-order valence-corrected chi connectivity index (χ1v) is 6.10. The lowest BCUT2D eigenvalue weighted by Crippen LogP contribution is -2.19. The summed E-state index contributed by atoms with van der Waals surface area (Å²) in [4.78, 5) is 0. The summed E-state index contributed by atoms with van der Waals surface area (Å²) >= 11 is 2.02. The molecule has 1 unspecified atom stereocenters. The molecule has 1 aliphatic rings. The molecule has 0 saturated heterocycles. The lowest BCUT2D eigenvalue weighted by molar-refractivity contribution is 0.240. The summed E-state index contributed by atoms with van der Waals surface area (Å²) in [6.07, 6.45) is 0.897. The summed E-state index contributed by atoms with van der Waals surface area (Å²) in [6.45, 7) is 0.606. The van der Waals surface area contributed by atoms with Crippen molar-refractivity contribution in [3.05, 3.63) is 39.6 Å². The number of hydrogen-bond donors (Lipinski definition) is 0. The molecular formula is C11H9IN2O2. The molecule has 4 nitrogen and oxygen atoms in total. The number of benzene rings is 1. The number of aromatic nitrogens is 2. The van der Waals surface area contributed by atoms with E-state index in [1.165, 1.54) is 5.56 Å². The van der Waals surface area contributed by atoms with Gasteiger partial charge < -0.3 is 9.15 Å². The molecule has 82 valence electrons. The molecule has 2 heterocycles. The third-order valence-electron chi connectivity index (χ3n) is 2.64. The van der Waals surface area contributed by atoms with Gasteiger partial charge in [0.15, 0.2) is 0 Å². The molecule has 0 spiro atoms. The van der Waals surface area contributed by atoms with Gasteiger partial charge in [-0.1, -0.05) is 18.2 Å². The van der Waals surface area contributed by atoms with E-state index in [0.717, 1.165) is 12.2 Å². The van der Waals surface area contributed by atoms with Crippen LogP contribution >= 0.6 is 22.6 Å². The van der Waals surface area contributed by atoms with Crippen LogP contribution in [0.1, 0.15) is 17.4 Å². The van der Waals surface area contributed by atoms with Gasteiger partial charge in [-0.2, -0.15) is 0 Å². The number of rotatable bonds is 1. The van der Waals surface area contributed by atoms with E-state index in [1.54, 1.807) is 0 Å². The topological polar surface area (TPSA) is 48.2 Å². The molecule has 0 bridgehead atoms. The SMILES string of the molecule is Ic1nnc(C2COc3ccccc3C2)o1. The average Bonchev–Trinajstić information content (AvgIpc) is 2.75. The van der Waals surface area contributed by atoms with E-state index in [1.807, 2.05) is 40.8 Å². The highest BCUT2D eigenvalue weighted by Crippen LogP contribution is 2.31. The predicted molar refractivity (Wildman–Crippen MR) is 65.4 cm³/mol. The molecule has 3 rings (SSSR count). The standard InChI is InChI=1S/C11H9IN2O2/c12-11-14-13-10(16-11)8-5-7-3-1-2-4-9(7)15-6-8/h1-4,8H,5-6H2. The van der Waals surface area contributed by atoms with Crippen LogP contribution in [0.4, 0.5) is 0 Å². The lowest BCUT2D eigenvalue weighted by Gasteiger charge is -2.22. The van der Waals surface area contributed by atoms with Crippen LogP contribution < -0.4 is 4.74 Å². The summed E-state index contributed by atoms with van der Waals surface area (Å²) in [6, 6.07) is 8.06. The van der Waals surface area contributed by atoms with Crippen LogP contribution in [-0.2, 0) is 6.42 Å². The van der Waals surface area contributed by atoms with Crippen molar-refractivity contribution in [3.8, 4) is 5.75 Å². The Morgan fingerprint density at radius 2 is 2.12 bits per heavy atom. The number of nitrogens with zero attached hydrogens (tertiary/aromatic N) is 2. The van der Waals surface area contributed by atoms with E-state index in [-0.39, 0.29) is 5.92 Å². The zero-order valence-corrected chi connectivity index (χ0v) is 10.5. The molecule has 1 aliphatic heterocycles. The molecule has 0 N–H and O–H groups in total. The normalized spacial score (nSPS) is 18.9. The Bertz CT molecular complexity index is 512. The Morgan fingerprint density at radius 1 is 1.25 bits per heavy atom. The Balaban J connectivity index is 1.88. The minimum atomic E-state index is 0.172. The Morgan fingerprint density at radius 3 is 2.94 bits per heavy atom. The van der Waals surface area contributed by atoms with Crippen LogP contribution in [0, 0.1) is 3.90 Å². The van der Waals surface area contributed by atoms with E-state index in [9.17, 15) is 0 Å². The predicted octanol–water partition coefficient (Wildman–Crippen LogP) is 2.39. The molecule has 0 saturated carbocycles. The van der Waals surface area contributed by atoms with Crippen LogP contribution in [0.15, 0.2) is 28.7 Å². The first-order valence-electron chi connectivity index (χ1n) is 5.02. The van der Waals surface area contributed by atoms with Gasteiger partial charge >= 0.3 is 0 Å². The van der Waals surface area contributed by atoms with Crippen LogP contribution in [0.5, 0.6) is 5.75 Å². The second-order valence-corrected chi connectivity index (χ2v) is 4.64. The number of halogens is 1. The second-order valence-electron chi connectivity index (χ2n) is 3.71. The number of para-hydroxylation sites is 1. The van der Waals surface area contributed by atoms with Gasteiger partial charge in [0.25, 0.3) is 3.90 Å². The largest absolute Gasteiger partial charge is 0.492 e. The van der Waals surface area contributed by atoms with Gasteiger partial charge in [-0.05, 0) is 18.1 Å². The highest BCUT2D eigenvalue weighted by Gasteiger charge is 2.25. The number of fused-ring (bicyclic) bond motifs is 1. The molecule has 2 aromatic rings. The number of hydrogen-bond acceptors (Lipinski definition) is 4. The third-order valence-corrected chi connectivity index (χ3v) is 3.08. The monoisotopic (exact) mass is 328 g/mol. The molecule has 1 aromatic carbocycles. The highest BCUT2D eigenvalue weighted by atomic mass is 127. The van der Waals surface area contributed by atoms with Crippen LogP contribution in [0.3, 0.4) is 0 Å². The fourth-order valence-electron chi connectivity index (χ4n) is 1.87. The van der Waals surface area contributed by atoms with Crippen LogP contribution in [-0.4, -0.2) is 16.8 Å². The minimum absolute atomic E-state index is 0.172. The molecular weight excluding hydrogens is 319 g/mol. The van der Waals surface area contributed by atoms with Gasteiger partial charge in [-0.3, -0.25) is 0 Å². The lowest BCUT2D eigenvalue weighted by atomic mass is 9.97. The van der Waals surface area contributed by atoms with E-state index < -0.39 is 0 Å². The maximum atomic E-state index is 5.67. The van der Waals surface area contributed by atoms with Crippen molar-refractivity contribution in [2.75, 3.05) is 6.61 Å². The Kier molecular flexibility index (Phi) is 2.55. The quantitative estimate of drug-likeness (QED) is 0.754. The van der Waals surface area contributed by atoms with Crippen molar-refractivity contribution in [3.63, 3.8) is 0 Å². The van der Waals surface area contributed by atoms with Gasteiger partial charge in [0.05, 0.1) is 5.92 Å². The Labute approximate surface area is 106 Å². The molecule has 0 aliphatic carbocycles. The molecule has 5 heteroatoms. The van der Waals surface area contributed by atoms with Crippen molar-refractivity contribution < 1.29 is 9.15 Å². The van der Waals surface area contributed by atoms with Crippen LogP contribution in [0.25, 0.3) is 0 Å². The molecule has 0 amide bonds. The summed E-state index contributed by atoms with van der Waals surface area (Å²) in [5.41, 5.74) is 1.20. The number of ether oxygens (including phenoxy) is 1. The molecule has 0 fully saturated rings. The average molecular weight is 328 g/mol. The van der Waals surface area contributed by atoms with Crippen molar-refractivity contribution in [2.24, 2.45) is 0 Å². The highest BCUT2D eigenvalue weighted by molar-refractivity contribution is 14.1. The summed E-state index contributed by atoms with van der Waals surface area (Å²) in [7, 11) is 0. The molecule has 16 heavy (non-hydrogen) atoms. The zero-order valence-electron chi connectivity index (χ0n) is 8.39. The smallest absolute Gasteiger partial charge is 0.278 e. The van der Waals surface area contributed by atoms with Gasteiger partial charge in [-0.15, -0.1) is 10.2 Å².